The fourth-order valence-electron chi connectivity index (χ4n) is 1.32. The summed E-state index contributed by atoms with van der Waals surface area (Å²) in [6, 6.07) is 0.927. The van der Waals surface area contributed by atoms with Crippen LogP contribution < -0.4 is 0 Å². The van der Waals surface area contributed by atoms with Gasteiger partial charge in [0.1, 0.15) is 10.5 Å². The minimum atomic E-state index is -2.27. The molecular weight excluding hydrogens is 252 g/mol. The Hall–Kier alpha value is 0.274. The molecule has 0 unspecified atom stereocenters. The van der Waals surface area contributed by atoms with Crippen molar-refractivity contribution in [2.75, 3.05) is 27.9 Å². The lowest BCUT2D eigenvalue weighted by Crippen LogP contribution is -2.42. The van der Waals surface area contributed by atoms with Gasteiger partial charge in [-0.3, -0.25) is 0 Å². The van der Waals surface area contributed by atoms with Crippen LogP contribution in [0.1, 0.15) is 39.5 Å². The van der Waals surface area contributed by atoms with E-state index in [1.807, 2.05) is 6.92 Å². The van der Waals surface area contributed by atoms with Gasteiger partial charge in [-0.2, -0.15) is 0 Å². The highest BCUT2D eigenvalue weighted by Gasteiger charge is 2.36. The van der Waals surface area contributed by atoms with Crippen LogP contribution in [0.15, 0.2) is 0 Å². The Labute approximate surface area is 111 Å². The molecule has 0 atom stereocenters. The van der Waals surface area contributed by atoms with Crippen molar-refractivity contribution in [3.8, 4) is 0 Å². The Kier molecular flexibility index (Phi) is 16.5. The van der Waals surface area contributed by atoms with Crippen LogP contribution in [0.3, 0.4) is 0 Å². The van der Waals surface area contributed by atoms with Gasteiger partial charge in [0, 0.05) is 34.0 Å². The van der Waals surface area contributed by atoms with Gasteiger partial charge in [0.05, 0.1) is 0 Å². The smallest absolute Gasteiger partial charge is 0.428 e. The summed E-state index contributed by atoms with van der Waals surface area (Å²) < 4.78 is 20.6. The van der Waals surface area contributed by atoms with Crippen molar-refractivity contribution in [1.29, 1.82) is 0 Å². The SMILES string of the molecule is CCCCCC[Si](OC)(OC)OC.CCO[SiH3]. The molecule has 0 heterocycles. The zero-order chi connectivity index (χ0) is 13.6. The average Bonchev–Trinajstić information content (AvgIpc) is 2.40. The van der Waals surface area contributed by atoms with Crippen LogP contribution in [0.4, 0.5) is 0 Å². The van der Waals surface area contributed by atoms with Gasteiger partial charge in [-0.15, -0.1) is 0 Å². The van der Waals surface area contributed by atoms with E-state index in [1.54, 1.807) is 21.3 Å². The molecule has 0 rings (SSSR count). The molecule has 0 spiro atoms. The van der Waals surface area contributed by atoms with Crippen LogP contribution in [0.2, 0.25) is 6.04 Å². The number of hydrogen-bond acceptors (Lipinski definition) is 4. The zero-order valence-corrected chi connectivity index (χ0v) is 15.4. The van der Waals surface area contributed by atoms with E-state index in [0.717, 1.165) is 29.6 Å². The van der Waals surface area contributed by atoms with Gasteiger partial charge >= 0.3 is 8.80 Å². The van der Waals surface area contributed by atoms with E-state index in [0.29, 0.717) is 0 Å². The Morgan fingerprint density at radius 2 is 1.35 bits per heavy atom. The minimum Gasteiger partial charge on any atom is -0.428 e. The Balaban J connectivity index is 0. The van der Waals surface area contributed by atoms with E-state index < -0.39 is 8.80 Å². The Morgan fingerprint density at radius 3 is 1.65 bits per heavy atom. The first kappa shape index (κ1) is 19.6. The topological polar surface area (TPSA) is 36.9 Å². The maximum atomic E-state index is 5.31. The quantitative estimate of drug-likeness (QED) is 0.477. The summed E-state index contributed by atoms with van der Waals surface area (Å²) in [5, 5.41) is 0. The van der Waals surface area contributed by atoms with E-state index in [9.17, 15) is 0 Å². The van der Waals surface area contributed by atoms with E-state index >= 15 is 0 Å². The summed E-state index contributed by atoms with van der Waals surface area (Å²) in [6.45, 7) is 5.08. The minimum absolute atomic E-state index is 0.881. The van der Waals surface area contributed by atoms with Crippen LogP contribution in [0.25, 0.3) is 0 Å². The van der Waals surface area contributed by atoms with Gasteiger partial charge in [0.15, 0.2) is 0 Å². The number of hydrogen-bond donors (Lipinski definition) is 0. The fraction of sp³-hybridized carbons (Fsp3) is 1.00. The number of rotatable bonds is 9. The molecule has 106 valence electrons. The van der Waals surface area contributed by atoms with E-state index in [2.05, 4.69) is 11.3 Å². The van der Waals surface area contributed by atoms with Crippen molar-refractivity contribution in [3.05, 3.63) is 0 Å². The second kappa shape index (κ2) is 14.3. The molecule has 0 N–H and O–H groups in total. The molecule has 4 nitrogen and oxygen atoms in total. The first-order valence-corrected chi connectivity index (χ1v) is 9.05. The van der Waals surface area contributed by atoms with Crippen LogP contribution >= 0.6 is 0 Å². The molecule has 0 radical (unpaired) electrons. The summed E-state index contributed by atoms with van der Waals surface area (Å²) in [7, 11) is 3.62. The molecular formula is C11H30O4Si2. The third kappa shape index (κ3) is 11.1. The summed E-state index contributed by atoms with van der Waals surface area (Å²) in [5.74, 6) is 0. The highest BCUT2D eigenvalue weighted by molar-refractivity contribution is 6.60. The van der Waals surface area contributed by atoms with Gasteiger partial charge in [-0.05, 0) is 13.3 Å². The van der Waals surface area contributed by atoms with Crippen LogP contribution in [0, 0.1) is 0 Å². The van der Waals surface area contributed by atoms with Crippen molar-refractivity contribution < 1.29 is 17.7 Å². The maximum absolute atomic E-state index is 5.31. The van der Waals surface area contributed by atoms with Gasteiger partial charge in [0.2, 0.25) is 0 Å². The lowest BCUT2D eigenvalue weighted by Gasteiger charge is -2.24. The second-order valence-electron chi connectivity index (χ2n) is 3.68. The number of unbranched alkanes of at least 4 members (excludes halogenated alkanes) is 3. The van der Waals surface area contributed by atoms with Gasteiger partial charge in [-0.25, -0.2) is 0 Å². The van der Waals surface area contributed by atoms with E-state index in [1.165, 1.54) is 19.3 Å². The van der Waals surface area contributed by atoms with Crippen molar-refractivity contribution >= 4 is 19.3 Å². The third-order valence-electron chi connectivity index (χ3n) is 2.56. The molecule has 0 fully saturated rings. The normalized spacial score (nSPS) is 11.1. The second-order valence-corrected chi connectivity index (χ2v) is 7.35. The summed E-state index contributed by atoms with van der Waals surface area (Å²) >= 11 is 0. The Bertz CT molecular complexity index is 133. The van der Waals surface area contributed by atoms with Gasteiger partial charge < -0.3 is 17.7 Å². The maximum Gasteiger partial charge on any atom is 0.500 e. The van der Waals surface area contributed by atoms with Crippen molar-refractivity contribution in [1.82, 2.24) is 0 Å². The standard InChI is InChI=1S/C9H22O3Si.C2H8OSi/c1-5-6-7-8-9-13(10-2,11-3)12-4;1-2-3-4/h5-9H2,1-4H3;2H2,1,4H3. The van der Waals surface area contributed by atoms with Crippen molar-refractivity contribution in [2.45, 2.75) is 45.6 Å². The third-order valence-corrected chi connectivity index (χ3v) is 5.97. The predicted molar refractivity (Wildman–Crippen MR) is 77.3 cm³/mol. The molecule has 0 aromatic carbocycles. The Morgan fingerprint density at radius 1 is 0.882 bits per heavy atom. The first-order valence-electron chi connectivity index (χ1n) is 6.30. The largest absolute Gasteiger partial charge is 0.500 e. The molecule has 0 aromatic rings. The van der Waals surface area contributed by atoms with Crippen LogP contribution in [0.5, 0.6) is 0 Å². The molecule has 0 aliphatic rings. The van der Waals surface area contributed by atoms with E-state index in [4.69, 9.17) is 13.3 Å². The molecule has 0 aliphatic carbocycles. The molecule has 0 amide bonds. The van der Waals surface area contributed by atoms with E-state index in [-0.39, 0.29) is 0 Å². The molecule has 0 saturated heterocycles. The van der Waals surface area contributed by atoms with Crippen molar-refractivity contribution in [3.63, 3.8) is 0 Å². The molecule has 6 heteroatoms. The highest BCUT2D eigenvalue weighted by Crippen LogP contribution is 2.17. The van der Waals surface area contributed by atoms with Gasteiger partial charge in [-0.1, -0.05) is 26.2 Å². The summed E-state index contributed by atoms with van der Waals surface area (Å²) in [4.78, 5) is 0. The molecule has 0 saturated carbocycles. The van der Waals surface area contributed by atoms with Gasteiger partial charge in [0.25, 0.3) is 0 Å². The fourth-order valence-corrected chi connectivity index (χ4v) is 3.12. The first-order chi connectivity index (χ1) is 8.16. The molecule has 17 heavy (non-hydrogen) atoms. The molecule has 0 aromatic heterocycles. The lowest BCUT2D eigenvalue weighted by molar-refractivity contribution is 0.122. The average molecular weight is 283 g/mol. The summed E-state index contributed by atoms with van der Waals surface area (Å²) in [5.41, 5.74) is 0. The zero-order valence-electron chi connectivity index (χ0n) is 12.4. The van der Waals surface area contributed by atoms with Crippen LogP contribution in [-0.2, 0) is 17.7 Å². The molecule has 0 aliphatic heterocycles. The predicted octanol–water partition coefficient (Wildman–Crippen LogP) is 1.75. The monoisotopic (exact) mass is 282 g/mol. The molecule has 0 bridgehead atoms. The highest BCUT2D eigenvalue weighted by atomic mass is 28.4. The van der Waals surface area contributed by atoms with Crippen molar-refractivity contribution in [2.24, 2.45) is 0 Å². The van der Waals surface area contributed by atoms with Crippen LogP contribution in [-0.4, -0.2) is 47.2 Å². The summed E-state index contributed by atoms with van der Waals surface area (Å²) in [6.07, 6.45) is 4.90. The lowest BCUT2D eigenvalue weighted by atomic mass is 10.2.